The molecule has 24 heavy (non-hydrogen) atoms. The van der Waals surface area contributed by atoms with Crippen molar-refractivity contribution < 1.29 is 9.18 Å². The number of hydrogen-bond donors (Lipinski definition) is 1. The first-order valence-electron chi connectivity index (χ1n) is 7.10. The molecule has 0 saturated heterocycles. The summed E-state index contributed by atoms with van der Waals surface area (Å²) in [5.41, 5.74) is 0.885. The van der Waals surface area contributed by atoms with Crippen LogP contribution in [0.3, 0.4) is 0 Å². The maximum atomic E-state index is 14.1. The second kappa shape index (κ2) is 6.80. The molecule has 0 spiro atoms. The van der Waals surface area contributed by atoms with Crippen LogP contribution < -0.4 is 5.32 Å². The minimum atomic E-state index is -0.437. The SMILES string of the molecule is CN(C)CC(=O)Nc1nccc2nc(-c3c(F)cccc3Cl)sc12. The Hall–Kier alpha value is -2.09. The summed E-state index contributed by atoms with van der Waals surface area (Å²) in [5.74, 6) is -0.206. The van der Waals surface area contributed by atoms with E-state index < -0.39 is 5.82 Å². The molecular weight excluding hydrogens is 351 g/mol. The zero-order valence-electron chi connectivity index (χ0n) is 13.0. The molecule has 0 atom stereocenters. The number of likely N-dealkylation sites (N-methyl/N-ethyl adjacent to an activating group) is 1. The standard InChI is InChI=1S/C16H14ClFN4OS/c1-22(2)8-12(23)21-15-14-11(6-7-19-15)20-16(24-14)13-9(17)4-3-5-10(13)18/h3-7H,8H2,1-2H3,(H,19,21,23). The summed E-state index contributed by atoms with van der Waals surface area (Å²) in [7, 11) is 3.61. The van der Waals surface area contributed by atoms with Crippen molar-refractivity contribution in [2.24, 2.45) is 0 Å². The van der Waals surface area contributed by atoms with Gasteiger partial charge >= 0.3 is 0 Å². The highest BCUT2D eigenvalue weighted by Crippen LogP contribution is 2.37. The third-order valence-corrected chi connectivity index (χ3v) is 4.61. The number of amides is 1. The summed E-state index contributed by atoms with van der Waals surface area (Å²) < 4.78 is 14.8. The number of fused-ring (bicyclic) bond motifs is 1. The van der Waals surface area contributed by atoms with Gasteiger partial charge in [0.05, 0.1) is 27.3 Å². The normalized spacial score (nSPS) is 11.2. The first-order valence-corrected chi connectivity index (χ1v) is 8.29. The van der Waals surface area contributed by atoms with Crippen LogP contribution in [0, 0.1) is 5.82 Å². The third kappa shape index (κ3) is 3.38. The average Bonchev–Trinajstić information content (AvgIpc) is 2.90. The van der Waals surface area contributed by atoms with E-state index in [4.69, 9.17) is 11.6 Å². The molecule has 0 aliphatic heterocycles. The van der Waals surface area contributed by atoms with Crippen molar-refractivity contribution >= 4 is 44.9 Å². The van der Waals surface area contributed by atoms with Crippen molar-refractivity contribution in [3.63, 3.8) is 0 Å². The van der Waals surface area contributed by atoms with Gasteiger partial charge in [-0.15, -0.1) is 11.3 Å². The molecule has 1 aromatic carbocycles. The molecule has 1 amide bonds. The largest absolute Gasteiger partial charge is 0.308 e. The maximum absolute atomic E-state index is 14.1. The van der Waals surface area contributed by atoms with Crippen LogP contribution in [-0.4, -0.2) is 41.4 Å². The second-order valence-electron chi connectivity index (χ2n) is 5.41. The molecule has 8 heteroatoms. The Morgan fingerprint density at radius 3 is 2.88 bits per heavy atom. The molecule has 0 radical (unpaired) electrons. The number of benzene rings is 1. The smallest absolute Gasteiger partial charge is 0.239 e. The number of nitrogens with one attached hydrogen (secondary N) is 1. The molecule has 1 N–H and O–H groups in total. The number of anilines is 1. The first kappa shape index (κ1) is 16.8. The van der Waals surface area contributed by atoms with Gasteiger partial charge in [0.2, 0.25) is 5.91 Å². The molecule has 0 unspecified atom stereocenters. The van der Waals surface area contributed by atoms with Crippen LogP contribution in [-0.2, 0) is 4.79 Å². The Morgan fingerprint density at radius 1 is 1.38 bits per heavy atom. The minimum Gasteiger partial charge on any atom is -0.308 e. The number of aromatic nitrogens is 2. The Bertz CT molecular complexity index is 892. The molecule has 3 aromatic rings. The van der Waals surface area contributed by atoms with Crippen LogP contribution in [0.1, 0.15) is 0 Å². The fourth-order valence-corrected chi connectivity index (χ4v) is 3.59. The summed E-state index contributed by atoms with van der Waals surface area (Å²) in [6.07, 6.45) is 1.56. The number of rotatable bonds is 4. The summed E-state index contributed by atoms with van der Waals surface area (Å²) in [6, 6.07) is 6.21. The summed E-state index contributed by atoms with van der Waals surface area (Å²) in [6.45, 7) is 0.239. The zero-order chi connectivity index (χ0) is 17.3. The van der Waals surface area contributed by atoms with Gasteiger partial charge in [0.1, 0.15) is 10.8 Å². The van der Waals surface area contributed by atoms with E-state index in [2.05, 4.69) is 15.3 Å². The Balaban J connectivity index is 2.03. The van der Waals surface area contributed by atoms with Gasteiger partial charge in [-0.05, 0) is 32.3 Å². The predicted octanol–water partition coefficient (Wildman–Crippen LogP) is 3.65. The summed E-state index contributed by atoms with van der Waals surface area (Å²) in [5, 5.41) is 3.50. The number of carbonyl (C=O) groups excluding carboxylic acids is 1. The van der Waals surface area contributed by atoms with Gasteiger partial charge in [-0.3, -0.25) is 4.79 Å². The van der Waals surface area contributed by atoms with Gasteiger partial charge in [-0.25, -0.2) is 14.4 Å². The number of nitrogens with zero attached hydrogens (tertiary/aromatic N) is 3. The quantitative estimate of drug-likeness (QED) is 0.767. The van der Waals surface area contributed by atoms with E-state index in [1.54, 1.807) is 43.4 Å². The summed E-state index contributed by atoms with van der Waals surface area (Å²) in [4.78, 5) is 22.3. The van der Waals surface area contributed by atoms with Gasteiger partial charge in [-0.2, -0.15) is 0 Å². The third-order valence-electron chi connectivity index (χ3n) is 3.20. The van der Waals surface area contributed by atoms with Crippen LogP contribution in [0.15, 0.2) is 30.5 Å². The molecule has 0 saturated carbocycles. The van der Waals surface area contributed by atoms with Crippen molar-refractivity contribution in [1.29, 1.82) is 0 Å². The fraction of sp³-hybridized carbons (Fsp3) is 0.188. The average molecular weight is 365 g/mol. The second-order valence-corrected chi connectivity index (χ2v) is 6.82. The molecule has 0 bridgehead atoms. The van der Waals surface area contributed by atoms with Crippen LogP contribution >= 0.6 is 22.9 Å². The Kier molecular flexibility index (Phi) is 4.75. The Labute approximate surface area is 147 Å². The first-order chi connectivity index (χ1) is 11.5. The van der Waals surface area contributed by atoms with E-state index >= 15 is 0 Å². The van der Waals surface area contributed by atoms with Crippen LogP contribution in [0.5, 0.6) is 0 Å². The van der Waals surface area contributed by atoms with Gasteiger partial charge in [0.15, 0.2) is 5.82 Å². The molecule has 0 aliphatic carbocycles. The highest BCUT2D eigenvalue weighted by atomic mass is 35.5. The van der Waals surface area contributed by atoms with E-state index in [-0.39, 0.29) is 18.0 Å². The molecule has 5 nitrogen and oxygen atoms in total. The highest BCUT2D eigenvalue weighted by Gasteiger charge is 2.17. The van der Waals surface area contributed by atoms with Crippen molar-refractivity contribution in [2.75, 3.05) is 26.0 Å². The van der Waals surface area contributed by atoms with Crippen LogP contribution in [0.4, 0.5) is 10.2 Å². The van der Waals surface area contributed by atoms with Gasteiger partial charge in [0.25, 0.3) is 0 Å². The van der Waals surface area contributed by atoms with E-state index in [1.165, 1.54) is 17.4 Å². The molecule has 124 valence electrons. The molecular formula is C16H14ClFN4OS. The van der Waals surface area contributed by atoms with Crippen molar-refractivity contribution in [1.82, 2.24) is 14.9 Å². The van der Waals surface area contributed by atoms with E-state index in [0.717, 1.165) is 0 Å². The number of carbonyl (C=O) groups is 1. The fourth-order valence-electron chi connectivity index (χ4n) is 2.21. The van der Waals surface area contributed by atoms with Crippen LogP contribution in [0.25, 0.3) is 20.8 Å². The van der Waals surface area contributed by atoms with Crippen molar-refractivity contribution in [3.05, 3.63) is 41.3 Å². The Morgan fingerprint density at radius 2 is 2.17 bits per heavy atom. The minimum absolute atomic E-state index is 0.182. The molecule has 3 rings (SSSR count). The molecule has 0 aliphatic rings. The van der Waals surface area contributed by atoms with E-state index in [9.17, 15) is 9.18 Å². The lowest BCUT2D eigenvalue weighted by atomic mass is 10.2. The number of halogens is 2. The van der Waals surface area contributed by atoms with Gasteiger partial charge in [-0.1, -0.05) is 17.7 Å². The number of thiazole rings is 1. The van der Waals surface area contributed by atoms with E-state index in [0.29, 0.717) is 26.1 Å². The van der Waals surface area contributed by atoms with Crippen molar-refractivity contribution in [3.8, 4) is 10.6 Å². The maximum Gasteiger partial charge on any atom is 0.239 e. The molecule has 0 fully saturated rings. The van der Waals surface area contributed by atoms with Gasteiger partial charge < -0.3 is 10.2 Å². The van der Waals surface area contributed by atoms with E-state index in [1.807, 2.05) is 0 Å². The van der Waals surface area contributed by atoms with Gasteiger partial charge in [0, 0.05) is 6.20 Å². The zero-order valence-corrected chi connectivity index (χ0v) is 14.6. The highest BCUT2D eigenvalue weighted by molar-refractivity contribution is 7.22. The lowest BCUT2D eigenvalue weighted by Crippen LogP contribution is -2.27. The number of hydrogen-bond acceptors (Lipinski definition) is 5. The summed E-state index contributed by atoms with van der Waals surface area (Å²) >= 11 is 7.35. The molecule has 2 aromatic heterocycles. The topological polar surface area (TPSA) is 58.1 Å². The molecule has 2 heterocycles. The van der Waals surface area contributed by atoms with Crippen LogP contribution in [0.2, 0.25) is 5.02 Å². The number of pyridine rings is 1. The lowest BCUT2D eigenvalue weighted by molar-refractivity contribution is -0.116. The lowest BCUT2D eigenvalue weighted by Gasteiger charge is -2.09. The van der Waals surface area contributed by atoms with Crippen molar-refractivity contribution in [2.45, 2.75) is 0 Å². The predicted molar refractivity (Wildman–Crippen MR) is 95.0 cm³/mol. The monoisotopic (exact) mass is 364 g/mol.